The lowest BCUT2D eigenvalue weighted by molar-refractivity contribution is -0.118. The maximum atomic E-state index is 14.0. The summed E-state index contributed by atoms with van der Waals surface area (Å²) in [7, 11) is 1.56. The number of carbonyl (C=O) groups excluding carboxylic acids is 1. The molecule has 0 N–H and O–H groups in total. The molecular formula is C30H26F2N2O3. The summed E-state index contributed by atoms with van der Waals surface area (Å²) in [6.45, 7) is 1.99. The van der Waals surface area contributed by atoms with Gasteiger partial charge in [0.1, 0.15) is 17.4 Å². The van der Waals surface area contributed by atoms with Crippen molar-refractivity contribution in [3.05, 3.63) is 107 Å². The average molecular weight is 501 g/mol. The van der Waals surface area contributed by atoms with Crippen molar-refractivity contribution in [2.75, 3.05) is 7.11 Å². The number of oxazole rings is 1. The molecule has 0 amide bonds. The van der Waals surface area contributed by atoms with Crippen LogP contribution in [0, 0.1) is 18.6 Å². The highest BCUT2D eigenvalue weighted by atomic mass is 19.1. The Morgan fingerprint density at radius 3 is 2.57 bits per heavy atom. The predicted molar refractivity (Wildman–Crippen MR) is 136 cm³/mol. The van der Waals surface area contributed by atoms with Crippen LogP contribution in [0.1, 0.15) is 46.8 Å². The van der Waals surface area contributed by atoms with Gasteiger partial charge in [0.15, 0.2) is 12.2 Å². The fraction of sp³-hybridized carbons (Fsp3) is 0.233. The molecule has 5 nitrogen and oxygen atoms in total. The van der Waals surface area contributed by atoms with Gasteiger partial charge in [-0.2, -0.15) is 0 Å². The molecule has 0 saturated heterocycles. The molecule has 5 rings (SSSR count). The topological polar surface area (TPSA) is 65.2 Å². The van der Waals surface area contributed by atoms with Crippen LogP contribution in [-0.2, 0) is 17.6 Å². The van der Waals surface area contributed by atoms with Gasteiger partial charge in [-0.1, -0.05) is 42.0 Å². The molecule has 0 radical (unpaired) electrons. The summed E-state index contributed by atoms with van der Waals surface area (Å²) < 4.78 is 38.9. The van der Waals surface area contributed by atoms with Crippen molar-refractivity contribution in [1.29, 1.82) is 0 Å². The lowest BCUT2D eigenvalue weighted by Crippen LogP contribution is -2.12. The summed E-state index contributed by atoms with van der Waals surface area (Å²) in [5.41, 5.74) is 5.64. The van der Waals surface area contributed by atoms with Gasteiger partial charge < -0.3 is 9.15 Å². The molecule has 1 unspecified atom stereocenters. The number of Topliss-reactive ketones (excluding diaryl/α,β-unsaturated/α-hetero) is 1. The number of allylic oxidation sites excluding steroid dienone is 2. The number of ether oxygens (including phenoxy) is 1. The molecule has 2 aromatic carbocycles. The number of benzene rings is 2. The van der Waals surface area contributed by atoms with Crippen LogP contribution in [0.3, 0.4) is 0 Å². The smallest absolute Gasteiger partial charge is 0.213 e. The minimum atomic E-state index is -0.660. The maximum Gasteiger partial charge on any atom is 0.213 e. The first kappa shape index (κ1) is 24.6. The van der Waals surface area contributed by atoms with Crippen LogP contribution in [0.2, 0.25) is 0 Å². The fourth-order valence-corrected chi connectivity index (χ4v) is 4.82. The van der Waals surface area contributed by atoms with Crippen LogP contribution in [0.4, 0.5) is 8.78 Å². The van der Waals surface area contributed by atoms with Gasteiger partial charge in [0.2, 0.25) is 5.88 Å². The van der Waals surface area contributed by atoms with Gasteiger partial charge in [0.05, 0.1) is 18.5 Å². The Kier molecular flexibility index (Phi) is 6.95. The van der Waals surface area contributed by atoms with Crippen molar-refractivity contribution < 1.29 is 22.7 Å². The van der Waals surface area contributed by atoms with Gasteiger partial charge in [0, 0.05) is 36.5 Å². The number of fused-ring (bicyclic) bond motifs is 1. The lowest BCUT2D eigenvalue weighted by Gasteiger charge is -2.17. The monoisotopic (exact) mass is 500 g/mol. The van der Waals surface area contributed by atoms with Crippen LogP contribution < -0.4 is 4.74 Å². The van der Waals surface area contributed by atoms with Crippen molar-refractivity contribution in [3.63, 3.8) is 0 Å². The van der Waals surface area contributed by atoms with Crippen LogP contribution in [0.25, 0.3) is 16.9 Å². The van der Waals surface area contributed by atoms with Crippen LogP contribution in [-0.4, -0.2) is 22.9 Å². The lowest BCUT2D eigenvalue weighted by atomic mass is 9.87. The molecule has 0 fully saturated rings. The van der Waals surface area contributed by atoms with Crippen LogP contribution in [0.5, 0.6) is 5.88 Å². The Labute approximate surface area is 213 Å². The molecular weight excluding hydrogens is 474 g/mol. The molecule has 4 aromatic rings. The average Bonchev–Trinajstić information content (AvgIpc) is 3.51. The fourth-order valence-electron chi connectivity index (χ4n) is 4.82. The Balaban J connectivity index is 1.43. The van der Waals surface area contributed by atoms with Gasteiger partial charge in [-0.15, -0.1) is 0 Å². The third-order valence-corrected chi connectivity index (χ3v) is 6.60. The third kappa shape index (κ3) is 5.50. The second kappa shape index (κ2) is 10.5. The molecule has 2 aromatic heterocycles. The quantitative estimate of drug-likeness (QED) is 0.258. The van der Waals surface area contributed by atoms with E-state index in [0.29, 0.717) is 29.3 Å². The van der Waals surface area contributed by atoms with E-state index in [1.54, 1.807) is 7.11 Å². The summed E-state index contributed by atoms with van der Waals surface area (Å²) in [6, 6.07) is 15.0. The highest BCUT2D eigenvalue weighted by Gasteiger charge is 2.26. The highest BCUT2D eigenvalue weighted by Crippen LogP contribution is 2.35. The Hall–Kier alpha value is -4.13. The van der Waals surface area contributed by atoms with Crippen molar-refractivity contribution in [2.24, 2.45) is 0 Å². The number of nitrogens with zero attached hydrogens (tertiary/aromatic N) is 2. The van der Waals surface area contributed by atoms with E-state index in [4.69, 9.17) is 9.15 Å². The van der Waals surface area contributed by atoms with Crippen LogP contribution >= 0.6 is 0 Å². The number of hydrogen-bond donors (Lipinski definition) is 0. The Bertz CT molecular complexity index is 1450. The summed E-state index contributed by atoms with van der Waals surface area (Å²) in [6.07, 6.45) is 4.62. The zero-order chi connectivity index (χ0) is 25.9. The minimum absolute atomic E-state index is 0.0246. The first-order valence-corrected chi connectivity index (χ1v) is 12.1. The predicted octanol–water partition coefficient (Wildman–Crippen LogP) is 6.65. The first-order chi connectivity index (χ1) is 17.9. The SMILES string of the molecule is COc1ccc2c(n1)C(CC(=O)CC(Cc1cc(F)cc(F)c1)c1ncoc1-c1ccc(C)cc1)=CC2. The van der Waals surface area contributed by atoms with Crippen molar-refractivity contribution in [2.45, 2.75) is 38.5 Å². The summed E-state index contributed by atoms with van der Waals surface area (Å²) in [5, 5.41) is 0. The maximum absolute atomic E-state index is 14.0. The molecule has 1 atom stereocenters. The molecule has 37 heavy (non-hydrogen) atoms. The van der Waals surface area contributed by atoms with Crippen molar-refractivity contribution in [1.82, 2.24) is 9.97 Å². The largest absolute Gasteiger partial charge is 0.481 e. The number of hydrogen-bond acceptors (Lipinski definition) is 5. The molecule has 0 spiro atoms. The highest BCUT2D eigenvalue weighted by molar-refractivity contribution is 5.91. The number of pyridine rings is 1. The second-order valence-corrected chi connectivity index (χ2v) is 9.33. The van der Waals surface area contributed by atoms with Crippen molar-refractivity contribution >= 4 is 11.4 Å². The first-order valence-electron chi connectivity index (χ1n) is 12.1. The van der Waals surface area contributed by atoms with E-state index in [-0.39, 0.29) is 25.0 Å². The number of ketones is 1. The van der Waals surface area contributed by atoms with E-state index >= 15 is 0 Å². The molecule has 1 aliphatic carbocycles. The van der Waals surface area contributed by atoms with E-state index in [1.807, 2.05) is 49.4 Å². The molecule has 2 heterocycles. The number of aryl methyl sites for hydroxylation is 1. The van der Waals surface area contributed by atoms with E-state index in [1.165, 1.54) is 18.5 Å². The minimum Gasteiger partial charge on any atom is -0.481 e. The van der Waals surface area contributed by atoms with Crippen LogP contribution in [0.15, 0.2) is 71.5 Å². The second-order valence-electron chi connectivity index (χ2n) is 9.33. The molecule has 0 bridgehead atoms. The van der Waals surface area contributed by atoms with E-state index in [2.05, 4.69) is 9.97 Å². The molecule has 0 saturated carbocycles. The van der Waals surface area contributed by atoms with Gasteiger partial charge in [-0.25, -0.2) is 18.7 Å². The molecule has 7 heteroatoms. The molecule has 188 valence electrons. The number of rotatable bonds is 9. The normalized spacial score (nSPS) is 13.2. The number of aromatic nitrogens is 2. The van der Waals surface area contributed by atoms with Gasteiger partial charge in [-0.3, -0.25) is 4.79 Å². The zero-order valence-corrected chi connectivity index (χ0v) is 20.6. The van der Waals surface area contributed by atoms with E-state index in [9.17, 15) is 13.6 Å². The number of halogens is 2. The zero-order valence-electron chi connectivity index (χ0n) is 20.6. The van der Waals surface area contributed by atoms with E-state index < -0.39 is 17.6 Å². The van der Waals surface area contributed by atoms with Gasteiger partial charge in [0.25, 0.3) is 0 Å². The van der Waals surface area contributed by atoms with Gasteiger partial charge >= 0.3 is 0 Å². The Morgan fingerprint density at radius 2 is 1.84 bits per heavy atom. The number of carbonyl (C=O) groups is 1. The summed E-state index contributed by atoms with van der Waals surface area (Å²) in [5.74, 6) is -0.743. The molecule has 0 aliphatic heterocycles. The summed E-state index contributed by atoms with van der Waals surface area (Å²) >= 11 is 0. The Morgan fingerprint density at radius 1 is 1.08 bits per heavy atom. The molecule has 1 aliphatic rings. The third-order valence-electron chi connectivity index (χ3n) is 6.60. The van der Waals surface area contributed by atoms with E-state index in [0.717, 1.165) is 34.0 Å². The van der Waals surface area contributed by atoms with Crippen molar-refractivity contribution in [3.8, 4) is 17.2 Å². The summed E-state index contributed by atoms with van der Waals surface area (Å²) in [4.78, 5) is 22.4. The standard InChI is InChI=1S/C30H26F2N2O3/c1-18-3-5-21(6-4-18)30-29(33-17-37-30)23(11-19-12-24(31)16-25(32)13-19)15-26(35)14-22-8-7-20-9-10-27(36-2)34-28(20)22/h3-6,8-10,12-13,16-17,23H,7,11,14-15H2,1-2H3. The number of methoxy groups -OCH3 is 1. The van der Waals surface area contributed by atoms with Gasteiger partial charge in [-0.05, 0) is 48.6 Å².